The van der Waals surface area contributed by atoms with E-state index in [1.807, 2.05) is 0 Å². The molecule has 7 nitrogen and oxygen atoms in total. The van der Waals surface area contributed by atoms with E-state index in [0.29, 0.717) is 13.0 Å². The van der Waals surface area contributed by atoms with Crippen LogP contribution in [0.5, 0.6) is 0 Å². The first kappa shape index (κ1) is 14.3. The summed E-state index contributed by atoms with van der Waals surface area (Å²) in [7, 11) is 0. The number of halogens is 1. The van der Waals surface area contributed by atoms with Gasteiger partial charge in [0.05, 0.1) is 15.5 Å². The topological polar surface area (TPSA) is 101 Å². The number of piperidine rings is 1. The Morgan fingerprint density at radius 3 is 2.85 bits per heavy atom. The van der Waals surface area contributed by atoms with Crippen molar-refractivity contribution in [1.29, 1.82) is 0 Å². The summed E-state index contributed by atoms with van der Waals surface area (Å²) < 4.78 is 0. The van der Waals surface area contributed by atoms with Crippen molar-refractivity contribution in [3.8, 4) is 0 Å². The molecule has 1 aliphatic rings. The van der Waals surface area contributed by atoms with Gasteiger partial charge in [0.1, 0.15) is 6.04 Å². The summed E-state index contributed by atoms with van der Waals surface area (Å²) in [6.07, 6.45) is 1.34. The first-order valence-electron chi connectivity index (χ1n) is 6.01. The average molecular weight is 298 g/mol. The van der Waals surface area contributed by atoms with Crippen LogP contribution in [0, 0.1) is 10.1 Å². The molecule has 1 fully saturated rings. The molecule has 2 amide bonds. The number of carbonyl (C=O) groups excluding carboxylic acids is 2. The number of hydrogen-bond acceptors (Lipinski definition) is 4. The highest BCUT2D eigenvalue weighted by molar-refractivity contribution is 6.34. The number of nitrogens with zero attached hydrogens (tertiary/aromatic N) is 1. The first-order valence-corrected chi connectivity index (χ1v) is 6.39. The van der Waals surface area contributed by atoms with Crippen LogP contribution in [-0.4, -0.2) is 29.3 Å². The Morgan fingerprint density at radius 2 is 2.25 bits per heavy atom. The van der Waals surface area contributed by atoms with Gasteiger partial charge in [-0.15, -0.1) is 0 Å². The number of nitrogens with one attached hydrogen (secondary N) is 2. The van der Waals surface area contributed by atoms with Crippen LogP contribution in [0.15, 0.2) is 18.2 Å². The molecule has 1 saturated heterocycles. The number of benzene rings is 1. The second-order valence-corrected chi connectivity index (χ2v) is 4.79. The van der Waals surface area contributed by atoms with E-state index >= 15 is 0 Å². The molecule has 0 radical (unpaired) electrons. The van der Waals surface area contributed by atoms with Gasteiger partial charge in [0.15, 0.2) is 0 Å². The van der Waals surface area contributed by atoms with Gasteiger partial charge in [-0.2, -0.15) is 0 Å². The molecule has 0 aliphatic carbocycles. The average Bonchev–Trinajstić information content (AvgIpc) is 2.41. The number of hydrogen-bond donors (Lipinski definition) is 2. The first-order chi connectivity index (χ1) is 9.49. The van der Waals surface area contributed by atoms with Crippen molar-refractivity contribution in [2.24, 2.45) is 0 Å². The SMILES string of the molecule is O=C(NC1CCCNC1=O)c1ccc([N+](=O)[O-])cc1Cl. The van der Waals surface area contributed by atoms with Gasteiger partial charge in [0.25, 0.3) is 11.6 Å². The lowest BCUT2D eigenvalue weighted by molar-refractivity contribution is -0.384. The van der Waals surface area contributed by atoms with Crippen LogP contribution in [0.25, 0.3) is 0 Å². The zero-order valence-electron chi connectivity index (χ0n) is 10.4. The van der Waals surface area contributed by atoms with Gasteiger partial charge in [0.2, 0.25) is 5.91 Å². The Hall–Kier alpha value is -2.15. The van der Waals surface area contributed by atoms with Crippen molar-refractivity contribution in [3.05, 3.63) is 38.9 Å². The van der Waals surface area contributed by atoms with Crippen LogP contribution in [0.4, 0.5) is 5.69 Å². The van der Waals surface area contributed by atoms with Gasteiger partial charge in [-0.25, -0.2) is 0 Å². The fourth-order valence-electron chi connectivity index (χ4n) is 1.95. The molecule has 1 unspecified atom stereocenters. The maximum atomic E-state index is 12.0. The Bertz CT molecular complexity index is 576. The van der Waals surface area contributed by atoms with Gasteiger partial charge in [-0.05, 0) is 18.9 Å². The van der Waals surface area contributed by atoms with Crippen LogP contribution in [-0.2, 0) is 4.79 Å². The maximum absolute atomic E-state index is 12.0. The molecular weight excluding hydrogens is 286 g/mol. The van der Waals surface area contributed by atoms with E-state index in [1.165, 1.54) is 12.1 Å². The Morgan fingerprint density at radius 1 is 1.50 bits per heavy atom. The second-order valence-electron chi connectivity index (χ2n) is 4.38. The molecule has 0 saturated carbocycles. The largest absolute Gasteiger partial charge is 0.354 e. The number of non-ortho nitro benzene ring substituents is 1. The molecule has 106 valence electrons. The van der Waals surface area contributed by atoms with Crippen molar-refractivity contribution in [1.82, 2.24) is 10.6 Å². The normalized spacial score (nSPS) is 18.2. The molecule has 0 spiro atoms. The third kappa shape index (κ3) is 3.05. The number of nitro groups is 1. The van der Waals surface area contributed by atoms with Crippen LogP contribution in [0.2, 0.25) is 5.02 Å². The highest BCUT2D eigenvalue weighted by atomic mass is 35.5. The summed E-state index contributed by atoms with van der Waals surface area (Å²) >= 11 is 5.86. The minimum absolute atomic E-state index is 0.0204. The lowest BCUT2D eigenvalue weighted by Gasteiger charge is -2.22. The van der Waals surface area contributed by atoms with Crippen molar-refractivity contribution >= 4 is 29.1 Å². The predicted molar refractivity (Wildman–Crippen MR) is 71.6 cm³/mol. The van der Waals surface area contributed by atoms with Crippen molar-refractivity contribution < 1.29 is 14.5 Å². The Balaban J connectivity index is 2.13. The summed E-state index contributed by atoms with van der Waals surface area (Å²) in [4.78, 5) is 33.5. The lowest BCUT2D eigenvalue weighted by Crippen LogP contribution is -2.50. The molecule has 8 heteroatoms. The maximum Gasteiger partial charge on any atom is 0.270 e. The summed E-state index contributed by atoms with van der Waals surface area (Å²) in [6.45, 7) is 0.601. The lowest BCUT2D eigenvalue weighted by atomic mass is 10.1. The molecule has 0 bridgehead atoms. The second kappa shape index (κ2) is 5.87. The van der Waals surface area contributed by atoms with E-state index in [4.69, 9.17) is 11.6 Å². The van der Waals surface area contributed by atoms with E-state index in [9.17, 15) is 19.7 Å². The zero-order valence-corrected chi connectivity index (χ0v) is 11.1. The van der Waals surface area contributed by atoms with Gasteiger partial charge < -0.3 is 10.6 Å². The van der Waals surface area contributed by atoms with E-state index < -0.39 is 16.9 Å². The van der Waals surface area contributed by atoms with Crippen molar-refractivity contribution in [3.63, 3.8) is 0 Å². The third-order valence-electron chi connectivity index (χ3n) is 3.00. The highest BCUT2D eigenvalue weighted by Gasteiger charge is 2.25. The van der Waals surface area contributed by atoms with E-state index in [-0.39, 0.29) is 22.2 Å². The van der Waals surface area contributed by atoms with E-state index in [2.05, 4.69) is 10.6 Å². The summed E-state index contributed by atoms with van der Waals surface area (Å²) in [6, 6.07) is 2.98. The Kier molecular flexibility index (Phi) is 4.19. The molecule has 2 N–H and O–H groups in total. The number of carbonyl (C=O) groups is 2. The van der Waals surface area contributed by atoms with Crippen molar-refractivity contribution in [2.75, 3.05) is 6.54 Å². The van der Waals surface area contributed by atoms with E-state index in [0.717, 1.165) is 12.5 Å². The minimum Gasteiger partial charge on any atom is -0.354 e. The monoisotopic (exact) mass is 297 g/mol. The van der Waals surface area contributed by atoms with Crippen LogP contribution >= 0.6 is 11.6 Å². The molecular formula is C12H12ClN3O4. The van der Waals surface area contributed by atoms with Gasteiger partial charge in [0, 0.05) is 18.7 Å². The molecule has 1 aromatic carbocycles. The molecule has 20 heavy (non-hydrogen) atoms. The highest BCUT2D eigenvalue weighted by Crippen LogP contribution is 2.22. The summed E-state index contributed by atoms with van der Waals surface area (Å²) in [5.74, 6) is -0.755. The zero-order chi connectivity index (χ0) is 14.7. The van der Waals surface area contributed by atoms with Crippen molar-refractivity contribution in [2.45, 2.75) is 18.9 Å². The summed E-state index contributed by atoms with van der Waals surface area (Å²) in [5, 5.41) is 15.8. The van der Waals surface area contributed by atoms with Crippen LogP contribution in [0.3, 0.4) is 0 Å². The number of rotatable bonds is 3. The van der Waals surface area contributed by atoms with Crippen LogP contribution in [0.1, 0.15) is 23.2 Å². The van der Waals surface area contributed by atoms with Crippen LogP contribution < -0.4 is 10.6 Å². The van der Waals surface area contributed by atoms with Gasteiger partial charge in [-0.3, -0.25) is 19.7 Å². The fourth-order valence-corrected chi connectivity index (χ4v) is 2.21. The standard InChI is InChI=1S/C12H12ClN3O4/c13-9-6-7(16(19)20)3-4-8(9)11(17)15-10-2-1-5-14-12(10)18/h3-4,6,10H,1-2,5H2,(H,14,18)(H,15,17). The quantitative estimate of drug-likeness (QED) is 0.647. The van der Waals surface area contributed by atoms with E-state index in [1.54, 1.807) is 0 Å². The number of amides is 2. The fraction of sp³-hybridized carbons (Fsp3) is 0.333. The number of nitro benzene ring substituents is 1. The molecule has 0 aromatic heterocycles. The molecule has 2 rings (SSSR count). The smallest absolute Gasteiger partial charge is 0.270 e. The van der Waals surface area contributed by atoms with Gasteiger partial charge >= 0.3 is 0 Å². The summed E-state index contributed by atoms with van der Waals surface area (Å²) in [5.41, 5.74) is -0.0856. The minimum atomic E-state index is -0.595. The predicted octanol–water partition coefficient (Wildman–Crippen LogP) is 1.26. The molecule has 1 heterocycles. The molecule has 1 atom stereocenters. The third-order valence-corrected chi connectivity index (χ3v) is 3.31. The molecule has 1 aliphatic heterocycles. The Labute approximate surface area is 119 Å². The molecule has 1 aromatic rings. The van der Waals surface area contributed by atoms with Gasteiger partial charge in [-0.1, -0.05) is 11.6 Å².